The van der Waals surface area contributed by atoms with E-state index in [0.717, 1.165) is 12.8 Å². The zero-order valence-electron chi connectivity index (χ0n) is 26.4. The van der Waals surface area contributed by atoms with Gasteiger partial charge in [0.25, 0.3) is 5.91 Å². The number of anilines is 1. The van der Waals surface area contributed by atoms with Gasteiger partial charge >= 0.3 is 6.03 Å². The SMILES string of the molecule is CC(C)[C@H](NC(=O)N[C@H](C(=O)N1C[C@H]2[C@@H]([C@H]1C(=O)NC(CC1CC1)C(=O)C(N)=O)C2(C)C)C(C)(C)C)C(=O)Nc1nccs1. The Kier molecular flexibility index (Phi) is 9.43. The summed E-state index contributed by atoms with van der Waals surface area (Å²) in [4.78, 5) is 84.0. The lowest BCUT2D eigenvalue weighted by Crippen LogP contribution is -2.62. The van der Waals surface area contributed by atoms with Crippen molar-refractivity contribution < 1.29 is 28.8 Å². The number of aromatic nitrogens is 1. The fraction of sp³-hybridized carbons (Fsp3) is 0.700. The Morgan fingerprint density at radius 1 is 1.09 bits per heavy atom. The quantitative estimate of drug-likeness (QED) is 0.216. The second-order valence-electron chi connectivity index (χ2n) is 14.3. The van der Waals surface area contributed by atoms with Crippen LogP contribution in [0.4, 0.5) is 9.93 Å². The highest BCUT2D eigenvalue weighted by molar-refractivity contribution is 7.13. The van der Waals surface area contributed by atoms with Gasteiger partial charge in [0.2, 0.25) is 23.5 Å². The van der Waals surface area contributed by atoms with Crippen molar-refractivity contribution in [3.63, 3.8) is 0 Å². The molecule has 2 heterocycles. The van der Waals surface area contributed by atoms with Crippen molar-refractivity contribution in [3.05, 3.63) is 11.6 Å². The van der Waals surface area contributed by atoms with Crippen LogP contribution in [0.2, 0.25) is 0 Å². The monoisotopic (exact) mass is 631 g/mol. The number of urea groups is 1. The van der Waals surface area contributed by atoms with Gasteiger partial charge in [-0.3, -0.25) is 24.0 Å². The number of amides is 6. The number of fused-ring (bicyclic) bond motifs is 1. The summed E-state index contributed by atoms with van der Waals surface area (Å²) in [5.74, 6) is -3.46. The van der Waals surface area contributed by atoms with Gasteiger partial charge in [0.15, 0.2) is 5.13 Å². The zero-order chi connectivity index (χ0) is 32.7. The van der Waals surface area contributed by atoms with Crippen molar-refractivity contribution in [2.45, 2.75) is 91.9 Å². The molecule has 1 aliphatic heterocycles. The Labute approximate surface area is 261 Å². The predicted molar refractivity (Wildman–Crippen MR) is 164 cm³/mol. The smallest absolute Gasteiger partial charge is 0.316 e. The summed E-state index contributed by atoms with van der Waals surface area (Å²) < 4.78 is 0. The fourth-order valence-corrected chi connectivity index (χ4v) is 6.82. The summed E-state index contributed by atoms with van der Waals surface area (Å²) in [5, 5.41) is 13.0. The number of nitrogens with one attached hydrogen (secondary N) is 4. The summed E-state index contributed by atoms with van der Waals surface area (Å²) in [6, 6.07) is -4.57. The summed E-state index contributed by atoms with van der Waals surface area (Å²) in [6.07, 6.45) is 3.71. The van der Waals surface area contributed by atoms with E-state index in [-0.39, 0.29) is 29.1 Å². The summed E-state index contributed by atoms with van der Waals surface area (Å²) >= 11 is 1.25. The lowest BCUT2D eigenvalue weighted by atomic mass is 9.85. The van der Waals surface area contributed by atoms with Gasteiger partial charge in [0.1, 0.15) is 18.1 Å². The van der Waals surface area contributed by atoms with E-state index >= 15 is 0 Å². The molecule has 0 spiro atoms. The van der Waals surface area contributed by atoms with Crippen LogP contribution in [0.1, 0.15) is 67.7 Å². The van der Waals surface area contributed by atoms with Crippen LogP contribution in [0, 0.1) is 34.5 Å². The van der Waals surface area contributed by atoms with Crippen molar-refractivity contribution >= 4 is 51.9 Å². The van der Waals surface area contributed by atoms with Gasteiger partial charge in [-0.05, 0) is 40.9 Å². The van der Waals surface area contributed by atoms with Gasteiger partial charge in [0.05, 0.1) is 6.04 Å². The molecule has 3 fully saturated rings. The third-order valence-electron chi connectivity index (χ3n) is 9.19. The van der Waals surface area contributed by atoms with Crippen LogP contribution >= 0.6 is 11.3 Å². The van der Waals surface area contributed by atoms with Crippen LogP contribution in [-0.4, -0.2) is 76.0 Å². The minimum Gasteiger partial charge on any atom is -0.363 e. The number of nitrogens with two attached hydrogens (primary N) is 1. The Balaban J connectivity index is 1.50. The number of carbonyl (C=O) groups is 6. The van der Waals surface area contributed by atoms with Crippen LogP contribution in [0.5, 0.6) is 0 Å². The second-order valence-corrected chi connectivity index (χ2v) is 15.2. The van der Waals surface area contributed by atoms with Gasteiger partial charge in [-0.15, -0.1) is 11.3 Å². The molecule has 1 aromatic heterocycles. The number of hydrogen-bond donors (Lipinski definition) is 5. The number of nitrogens with zero attached hydrogens (tertiary/aromatic N) is 2. The molecule has 3 aliphatic rings. The first-order valence-corrected chi connectivity index (χ1v) is 16.0. The van der Waals surface area contributed by atoms with E-state index in [4.69, 9.17) is 5.73 Å². The molecule has 13 nitrogen and oxygen atoms in total. The molecule has 0 bridgehead atoms. The number of ketones is 1. The first-order valence-electron chi connectivity index (χ1n) is 15.1. The van der Waals surface area contributed by atoms with Crippen LogP contribution in [-0.2, 0) is 24.0 Å². The first kappa shape index (κ1) is 33.3. The van der Waals surface area contributed by atoms with E-state index < -0.39 is 65.0 Å². The van der Waals surface area contributed by atoms with E-state index in [1.807, 2.05) is 13.8 Å². The van der Waals surface area contributed by atoms with Crippen LogP contribution in [0.25, 0.3) is 0 Å². The number of rotatable bonds is 12. The van der Waals surface area contributed by atoms with E-state index in [9.17, 15) is 28.8 Å². The highest BCUT2D eigenvalue weighted by atomic mass is 32.1. The van der Waals surface area contributed by atoms with Crippen molar-refractivity contribution in [2.75, 3.05) is 11.9 Å². The number of thiazole rings is 1. The number of primary amides is 1. The van der Waals surface area contributed by atoms with Crippen molar-refractivity contribution in [1.82, 2.24) is 25.8 Å². The standard InChI is InChI=1S/C30H45N7O6S/c1-14(2)19(24(40)36-28-32-10-11-44-28)34-27(43)35-22(29(3,4)5)26(42)37-13-16-18(30(16,6)7)20(37)25(41)33-17(12-15-8-9-15)21(38)23(31)39/h10-11,14-20,22H,8-9,12-13H2,1-7H3,(H2,31,39)(H,33,41)(H,32,36,40)(H2,34,35,43)/t16-,17?,18-,19-,20-,22+/m0/s1. The molecule has 6 N–H and O–H groups in total. The molecule has 1 unspecified atom stereocenters. The maximum Gasteiger partial charge on any atom is 0.316 e. The molecule has 2 saturated carbocycles. The molecule has 44 heavy (non-hydrogen) atoms. The van der Waals surface area contributed by atoms with Gasteiger partial charge in [-0.2, -0.15) is 0 Å². The van der Waals surface area contributed by atoms with Crippen molar-refractivity contribution in [1.29, 1.82) is 0 Å². The molecule has 4 rings (SSSR count). The fourth-order valence-electron chi connectivity index (χ4n) is 6.29. The van der Waals surface area contributed by atoms with Crippen molar-refractivity contribution in [2.24, 2.45) is 40.2 Å². The number of carbonyl (C=O) groups excluding carboxylic acids is 6. The van der Waals surface area contributed by atoms with Crippen LogP contribution in [0.15, 0.2) is 11.6 Å². The lowest BCUT2D eigenvalue weighted by Gasteiger charge is -2.38. The minimum absolute atomic E-state index is 0.0604. The third-order valence-corrected chi connectivity index (χ3v) is 9.88. The molecule has 242 valence electrons. The number of hydrogen-bond acceptors (Lipinski definition) is 8. The number of Topliss-reactive ketones (excluding diaryl/α,β-unsaturated/α-hetero) is 1. The minimum atomic E-state index is -1.11. The topological polar surface area (TPSA) is 193 Å². The molecule has 14 heteroatoms. The van der Waals surface area contributed by atoms with E-state index in [1.54, 1.807) is 46.2 Å². The van der Waals surface area contributed by atoms with E-state index in [0.29, 0.717) is 18.1 Å². The Bertz CT molecular complexity index is 1300. The molecule has 1 aromatic rings. The van der Waals surface area contributed by atoms with Gasteiger partial charge in [-0.1, -0.05) is 61.3 Å². The molecule has 6 atom stereocenters. The maximum absolute atomic E-state index is 14.2. The Morgan fingerprint density at radius 2 is 1.75 bits per heavy atom. The maximum atomic E-state index is 14.2. The molecule has 0 radical (unpaired) electrons. The van der Waals surface area contributed by atoms with Crippen LogP contribution in [0.3, 0.4) is 0 Å². The number of piperidine rings is 1. The normalized spacial score (nSPS) is 24.0. The average Bonchev–Trinajstić information content (AvgIpc) is 3.63. The van der Waals surface area contributed by atoms with Crippen LogP contribution < -0.4 is 27.0 Å². The highest BCUT2D eigenvalue weighted by Crippen LogP contribution is 2.65. The van der Waals surface area contributed by atoms with Gasteiger partial charge in [-0.25, -0.2) is 9.78 Å². The average molecular weight is 632 g/mol. The van der Waals surface area contributed by atoms with Gasteiger partial charge in [0, 0.05) is 18.1 Å². The number of likely N-dealkylation sites (tertiary alicyclic amines) is 1. The highest BCUT2D eigenvalue weighted by Gasteiger charge is 2.70. The molecule has 2 aliphatic carbocycles. The Morgan fingerprint density at radius 3 is 2.27 bits per heavy atom. The predicted octanol–water partition coefficient (Wildman–Crippen LogP) is 1.64. The molecule has 1 saturated heterocycles. The second kappa shape index (κ2) is 12.4. The molecule has 6 amide bonds. The third kappa shape index (κ3) is 7.22. The zero-order valence-corrected chi connectivity index (χ0v) is 27.2. The summed E-state index contributed by atoms with van der Waals surface area (Å²) in [5.41, 5.74) is 4.32. The lowest BCUT2D eigenvalue weighted by molar-refractivity contribution is -0.145. The summed E-state index contributed by atoms with van der Waals surface area (Å²) in [6.45, 7) is 13.4. The largest absolute Gasteiger partial charge is 0.363 e. The van der Waals surface area contributed by atoms with Gasteiger partial charge < -0.3 is 31.9 Å². The molecular formula is C30H45N7O6S. The Hall–Kier alpha value is -3.55. The summed E-state index contributed by atoms with van der Waals surface area (Å²) in [7, 11) is 0. The molecular weight excluding hydrogens is 586 g/mol. The van der Waals surface area contributed by atoms with E-state index in [2.05, 4.69) is 26.3 Å². The first-order chi connectivity index (χ1) is 20.4. The van der Waals surface area contributed by atoms with Crippen molar-refractivity contribution in [3.8, 4) is 0 Å². The van der Waals surface area contributed by atoms with E-state index in [1.165, 1.54) is 16.2 Å². The molecule has 0 aromatic carbocycles.